The topological polar surface area (TPSA) is 82.2 Å². The minimum absolute atomic E-state index is 0.133. The Bertz CT molecular complexity index is 823. The molecular formula is C18H20N4O3. The number of aryl methyl sites for hydroxylation is 1. The fourth-order valence-corrected chi connectivity index (χ4v) is 2.38. The maximum atomic E-state index is 12.0. The minimum Gasteiger partial charge on any atom is -0.441 e. The standard InChI is InChI=1S/C18H20N4O3/c1-13-16(12-22-10-3-8-20-22)21-18(25-13)15-6-4-14(5-7-15)17(23)19-9-11-24-2/h3-8,10H,9,11-12H2,1-2H3,(H,19,23). The Kier molecular flexibility index (Phi) is 5.25. The molecule has 2 heterocycles. The number of carbonyl (C=O) groups excluding carboxylic acids is 1. The van der Waals surface area contributed by atoms with Gasteiger partial charge in [0.2, 0.25) is 5.89 Å². The van der Waals surface area contributed by atoms with Gasteiger partial charge in [-0.15, -0.1) is 0 Å². The lowest BCUT2D eigenvalue weighted by molar-refractivity contribution is 0.0937. The van der Waals surface area contributed by atoms with Crippen LogP contribution in [0, 0.1) is 6.92 Å². The van der Waals surface area contributed by atoms with Gasteiger partial charge in [0.05, 0.1) is 13.2 Å². The van der Waals surface area contributed by atoms with Gasteiger partial charge in [0.25, 0.3) is 5.91 Å². The van der Waals surface area contributed by atoms with Gasteiger partial charge >= 0.3 is 0 Å². The highest BCUT2D eigenvalue weighted by Crippen LogP contribution is 2.22. The Labute approximate surface area is 145 Å². The second-order valence-electron chi connectivity index (χ2n) is 5.55. The number of carbonyl (C=O) groups is 1. The zero-order valence-corrected chi connectivity index (χ0v) is 14.2. The molecule has 0 radical (unpaired) electrons. The molecule has 3 aromatic rings. The third-order valence-corrected chi connectivity index (χ3v) is 3.75. The summed E-state index contributed by atoms with van der Waals surface area (Å²) in [6.07, 6.45) is 3.61. The van der Waals surface area contributed by atoms with Crippen molar-refractivity contribution in [1.82, 2.24) is 20.1 Å². The normalized spacial score (nSPS) is 10.8. The molecule has 7 heteroatoms. The van der Waals surface area contributed by atoms with Crippen LogP contribution in [0.2, 0.25) is 0 Å². The Morgan fingerprint density at radius 1 is 1.32 bits per heavy atom. The number of hydrogen-bond acceptors (Lipinski definition) is 5. The summed E-state index contributed by atoms with van der Waals surface area (Å²) in [6, 6.07) is 9.03. The zero-order chi connectivity index (χ0) is 17.6. The molecule has 0 saturated carbocycles. The summed E-state index contributed by atoms with van der Waals surface area (Å²) < 4.78 is 12.5. The SMILES string of the molecule is COCCNC(=O)c1ccc(-c2nc(Cn3cccn3)c(C)o2)cc1. The van der Waals surface area contributed by atoms with Crippen LogP contribution in [-0.2, 0) is 11.3 Å². The lowest BCUT2D eigenvalue weighted by Crippen LogP contribution is -2.26. The third-order valence-electron chi connectivity index (χ3n) is 3.75. The third kappa shape index (κ3) is 4.13. The molecule has 0 bridgehead atoms. The molecule has 7 nitrogen and oxygen atoms in total. The van der Waals surface area contributed by atoms with E-state index in [0.29, 0.717) is 31.2 Å². The Morgan fingerprint density at radius 2 is 2.12 bits per heavy atom. The largest absolute Gasteiger partial charge is 0.441 e. The van der Waals surface area contributed by atoms with E-state index in [1.165, 1.54) is 0 Å². The van der Waals surface area contributed by atoms with E-state index in [0.717, 1.165) is 17.0 Å². The van der Waals surface area contributed by atoms with E-state index in [9.17, 15) is 4.79 Å². The van der Waals surface area contributed by atoms with Crippen molar-refractivity contribution in [2.24, 2.45) is 0 Å². The van der Waals surface area contributed by atoms with Crippen molar-refractivity contribution in [2.75, 3.05) is 20.3 Å². The van der Waals surface area contributed by atoms with Crippen molar-refractivity contribution in [3.8, 4) is 11.5 Å². The summed E-state index contributed by atoms with van der Waals surface area (Å²) in [5.41, 5.74) is 2.24. The number of ether oxygens (including phenoxy) is 1. The summed E-state index contributed by atoms with van der Waals surface area (Å²) >= 11 is 0. The van der Waals surface area contributed by atoms with E-state index in [4.69, 9.17) is 9.15 Å². The van der Waals surface area contributed by atoms with E-state index in [2.05, 4.69) is 15.4 Å². The predicted octanol–water partition coefficient (Wildman–Crippen LogP) is 2.27. The Balaban J connectivity index is 1.71. The first kappa shape index (κ1) is 16.9. The van der Waals surface area contributed by atoms with Crippen LogP contribution in [0.1, 0.15) is 21.8 Å². The van der Waals surface area contributed by atoms with Gasteiger partial charge in [0.15, 0.2) is 0 Å². The van der Waals surface area contributed by atoms with Crippen molar-refractivity contribution < 1.29 is 13.9 Å². The van der Waals surface area contributed by atoms with Gasteiger partial charge in [-0.3, -0.25) is 9.48 Å². The molecule has 0 saturated heterocycles. The smallest absolute Gasteiger partial charge is 0.251 e. The van der Waals surface area contributed by atoms with Crippen LogP contribution in [0.3, 0.4) is 0 Å². The van der Waals surface area contributed by atoms with Crippen LogP contribution in [-0.4, -0.2) is 40.9 Å². The van der Waals surface area contributed by atoms with Crippen molar-refractivity contribution in [3.05, 3.63) is 59.7 Å². The van der Waals surface area contributed by atoms with Crippen molar-refractivity contribution in [2.45, 2.75) is 13.5 Å². The van der Waals surface area contributed by atoms with Crippen LogP contribution in [0.4, 0.5) is 0 Å². The first-order valence-electron chi connectivity index (χ1n) is 7.98. The van der Waals surface area contributed by atoms with E-state index >= 15 is 0 Å². The predicted molar refractivity (Wildman–Crippen MR) is 92.2 cm³/mol. The molecule has 2 aromatic heterocycles. The molecule has 0 fully saturated rings. The van der Waals surface area contributed by atoms with Crippen molar-refractivity contribution >= 4 is 5.91 Å². The molecule has 0 aliphatic carbocycles. The lowest BCUT2D eigenvalue weighted by Gasteiger charge is -2.04. The van der Waals surface area contributed by atoms with Gasteiger partial charge in [0, 0.05) is 37.2 Å². The van der Waals surface area contributed by atoms with Crippen molar-refractivity contribution in [3.63, 3.8) is 0 Å². The molecule has 0 spiro atoms. The summed E-state index contributed by atoms with van der Waals surface area (Å²) in [4.78, 5) is 16.5. The van der Waals surface area contributed by atoms with E-state index in [1.54, 1.807) is 30.1 Å². The maximum Gasteiger partial charge on any atom is 0.251 e. The van der Waals surface area contributed by atoms with Gasteiger partial charge in [-0.05, 0) is 37.3 Å². The number of methoxy groups -OCH3 is 1. The Morgan fingerprint density at radius 3 is 2.80 bits per heavy atom. The fourth-order valence-electron chi connectivity index (χ4n) is 2.38. The summed E-state index contributed by atoms with van der Waals surface area (Å²) in [5.74, 6) is 1.16. The molecule has 0 unspecified atom stereocenters. The monoisotopic (exact) mass is 340 g/mol. The molecular weight excluding hydrogens is 320 g/mol. The van der Waals surface area contributed by atoms with E-state index in [-0.39, 0.29) is 5.91 Å². The first-order valence-corrected chi connectivity index (χ1v) is 7.98. The second kappa shape index (κ2) is 7.76. The fraction of sp³-hybridized carbons (Fsp3) is 0.278. The number of benzene rings is 1. The average Bonchev–Trinajstić information content (AvgIpc) is 3.26. The number of nitrogens with zero attached hydrogens (tertiary/aromatic N) is 3. The van der Waals surface area contributed by atoms with Crippen LogP contribution in [0.15, 0.2) is 47.1 Å². The number of aromatic nitrogens is 3. The zero-order valence-electron chi connectivity index (χ0n) is 14.2. The van der Waals surface area contributed by atoms with Gasteiger partial charge in [-0.1, -0.05) is 0 Å². The quantitative estimate of drug-likeness (QED) is 0.667. The molecule has 0 aliphatic heterocycles. The highest BCUT2D eigenvalue weighted by molar-refractivity contribution is 5.94. The summed E-state index contributed by atoms with van der Waals surface area (Å²) in [6.45, 7) is 3.40. The molecule has 3 rings (SSSR count). The molecule has 0 atom stereocenters. The first-order chi connectivity index (χ1) is 12.2. The van der Waals surface area contributed by atoms with Gasteiger partial charge in [-0.25, -0.2) is 4.98 Å². The lowest BCUT2D eigenvalue weighted by atomic mass is 10.1. The molecule has 1 aromatic carbocycles. The minimum atomic E-state index is -0.133. The van der Waals surface area contributed by atoms with E-state index in [1.807, 2.05) is 31.3 Å². The molecule has 25 heavy (non-hydrogen) atoms. The average molecular weight is 340 g/mol. The number of nitrogens with one attached hydrogen (secondary N) is 1. The number of hydrogen-bond donors (Lipinski definition) is 1. The van der Waals surface area contributed by atoms with Gasteiger partial charge in [0.1, 0.15) is 11.5 Å². The summed E-state index contributed by atoms with van der Waals surface area (Å²) in [5, 5.41) is 6.96. The van der Waals surface area contributed by atoms with Crippen molar-refractivity contribution in [1.29, 1.82) is 0 Å². The number of oxazole rings is 1. The van der Waals surface area contributed by atoms with Crippen LogP contribution < -0.4 is 5.32 Å². The highest BCUT2D eigenvalue weighted by Gasteiger charge is 2.13. The number of amides is 1. The van der Waals surface area contributed by atoms with Crippen LogP contribution in [0.25, 0.3) is 11.5 Å². The molecule has 130 valence electrons. The Hall–Kier alpha value is -2.93. The van der Waals surface area contributed by atoms with Gasteiger partial charge in [-0.2, -0.15) is 5.10 Å². The maximum absolute atomic E-state index is 12.0. The van der Waals surface area contributed by atoms with Gasteiger partial charge < -0.3 is 14.5 Å². The number of rotatable bonds is 7. The van der Waals surface area contributed by atoms with Crippen LogP contribution >= 0.6 is 0 Å². The highest BCUT2D eigenvalue weighted by atomic mass is 16.5. The summed E-state index contributed by atoms with van der Waals surface area (Å²) in [7, 11) is 1.60. The second-order valence-corrected chi connectivity index (χ2v) is 5.55. The molecule has 1 amide bonds. The van der Waals surface area contributed by atoms with E-state index < -0.39 is 0 Å². The molecule has 1 N–H and O–H groups in total. The molecule has 0 aliphatic rings. The van der Waals surface area contributed by atoms with Crippen LogP contribution in [0.5, 0.6) is 0 Å².